The third kappa shape index (κ3) is 5.25. The molecule has 0 heterocycles. The highest BCUT2D eigenvalue weighted by Crippen LogP contribution is 2.33. The van der Waals surface area contributed by atoms with Gasteiger partial charge in [0.05, 0.1) is 0 Å². The number of carbonyl (C=O) groups is 2. The van der Waals surface area contributed by atoms with Crippen LogP contribution in [0.4, 0.5) is 21.5 Å². The zero-order valence-electron chi connectivity index (χ0n) is 17.9. The van der Waals surface area contributed by atoms with Crippen LogP contribution in [0.5, 0.6) is 0 Å². The Kier molecular flexibility index (Phi) is 6.98. The van der Waals surface area contributed by atoms with Crippen LogP contribution < -0.4 is 10.2 Å². The summed E-state index contributed by atoms with van der Waals surface area (Å²) in [5.74, 6) is -0.535. The number of nitrogens with one attached hydrogen (secondary N) is 1. The van der Waals surface area contributed by atoms with E-state index in [1.807, 2.05) is 56.0 Å². The highest BCUT2D eigenvalue weighted by Gasteiger charge is 2.16. The number of allylic oxidation sites excluding steroid dienone is 2. The lowest BCUT2D eigenvalue weighted by Crippen LogP contribution is -2.17. The molecule has 3 rings (SSSR count). The molecule has 0 unspecified atom stereocenters. The number of hydrogen-bond donors (Lipinski definition) is 1. The number of aldehydes is 1. The van der Waals surface area contributed by atoms with Crippen LogP contribution in [0, 0.1) is 12.7 Å². The second-order valence-electron chi connectivity index (χ2n) is 7.26. The Bertz CT molecular complexity index is 1100. The molecule has 0 aliphatic carbocycles. The molecule has 3 aromatic carbocycles. The lowest BCUT2D eigenvalue weighted by Gasteiger charge is -2.28. The lowest BCUT2D eigenvalue weighted by atomic mass is 10.1. The zero-order chi connectivity index (χ0) is 22.4. The van der Waals surface area contributed by atoms with Gasteiger partial charge in [-0.15, -0.1) is 0 Å². The minimum Gasteiger partial charge on any atom is -0.322 e. The topological polar surface area (TPSA) is 49.4 Å². The molecule has 31 heavy (non-hydrogen) atoms. The van der Waals surface area contributed by atoms with Crippen LogP contribution in [-0.4, -0.2) is 12.2 Å². The van der Waals surface area contributed by atoms with E-state index < -0.39 is 0 Å². The Morgan fingerprint density at radius 1 is 1.03 bits per heavy atom. The van der Waals surface area contributed by atoms with E-state index in [4.69, 9.17) is 0 Å². The fourth-order valence-corrected chi connectivity index (χ4v) is 3.27. The maximum atomic E-state index is 13.5. The van der Waals surface area contributed by atoms with Gasteiger partial charge in [-0.1, -0.05) is 24.3 Å². The van der Waals surface area contributed by atoms with Crippen LogP contribution in [0.2, 0.25) is 0 Å². The minimum atomic E-state index is -0.300. The molecule has 0 radical (unpaired) electrons. The molecule has 3 aromatic rings. The minimum absolute atomic E-state index is 0.235. The molecule has 0 aliphatic heterocycles. The van der Waals surface area contributed by atoms with Crippen molar-refractivity contribution in [2.45, 2.75) is 27.2 Å². The van der Waals surface area contributed by atoms with Crippen molar-refractivity contribution < 1.29 is 14.0 Å². The standard InChI is InChI=1S/C26H25FN2O2/c1-4-19(3)29(24-13-9-22(27)10-14-24)25-17-21(8-5-18(25)2)26(31)28-23-11-6-20(7-12-23)15-16-30/h4-14,16-17H,15H2,1-3H3,(H,28,31)/b19-4-. The summed E-state index contributed by atoms with van der Waals surface area (Å²) in [5, 5.41) is 2.89. The Morgan fingerprint density at radius 3 is 2.32 bits per heavy atom. The van der Waals surface area contributed by atoms with Gasteiger partial charge >= 0.3 is 0 Å². The van der Waals surface area contributed by atoms with Crippen LogP contribution >= 0.6 is 0 Å². The largest absolute Gasteiger partial charge is 0.322 e. The van der Waals surface area contributed by atoms with E-state index in [1.165, 1.54) is 12.1 Å². The maximum Gasteiger partial charge on any atom is 0.255 e. The molecular formula is C26H25FN2O2. The molecule has 0 bridgehead atoms. The van der Waals surface area contributed by atoms with Crippen molar-refractivity contribution >= 4 is 29.3 Å². The summed E-state index contributed by atoms with van der Waals surface area (Å²) in [7, 11) is 0. The van der Waals surface area contributed by atoms with Crippen LogP contribution in [0.3, 0.4) is 0 Å². The van der Waals surface area contributed by atoms with Crippen LogP contribution in [0.25, 0.3) is 0 Å². The van der Waals surface area contributed by atoms with Gasteiger partial charge in [0.15, 0.2) is 0 Å². The molecule has 158 valence electrons. The number of hydrogen-bond acceptors (Lipinski definition) is 3. The normalized spacial score (nSPS) is 11.2. The van der Waals surface area contributed by atoms with E-state index in [2.05, 4.69) is 5.32 Å². The van der Waals surface area contributed by atoms with Gasteiger partial charge in [0.1, 0.15) is 12.1 Å². The van der Waals surface area contributed by atoms with Gasteiger partial charge in [-0.05, 0) is 80.4 Å². The summed E-state index contributed by atoms with van der Waals surface area (Å²) in [4.78, 5) is 25.5. The lowest BCUT2D eigenvalue weighted by molar-refractivity contribution is -0.107. The van der Waals surface area contributed by atoms with Crippen molar-refractivity contribution in [3.05, 3.63) is 101 Å². The first kappa shape index (κ1) is 22.0. The van der Waals surface area contributed by atoms with Gasteiger partial charge in [0, 0.05) is 34.7 Å². The van der Waals surface area contributed by atoms with Crippen LogP contribution in [-0.2, 0) is 11.2 Å². The average molecular weight is 416 g/mol. The summed E-state index contributed by atoms with van der Waals surface area (Å²) in [6.45, 7) is 5.88. The van der Waals surface area contributed by atoms with Crippen LogP contribution in [0.1, 0.15) is 35.3 Å². The molecular weight excluding hydrogens is 391 g/mol. The van der Waals surface area contributed by atoms with E-state index in [-0.39, 0.29) is 11.7 Å². The van der Waals surface area contributed by atoms with Gasteiger partial charge in [0.25, 0.3) is 5.91 Å². The second-order valence-corrected chi connectivity index (χ2v) is 7.26. The van der Waals surface area contributed by atoms with Gasteiger partial charge in [-0.2, -0.15) is 0 Å². The van der Waals surface area contributed by atoms with E-state index in [0.717, 1.165) is 34.5 Å². The predicted octanol–water partition coefficient (Wildman–Crippen LogP) is 6.19. The van der Waals surface area contributed by atoms with Crippen molar-refractivity contribution in [3.63, 3.8) is 0 Å². The smallest absolute Gasteiger partial charge is 0.255 e. The molecule has 0 saturated heterocycles. The first-order valence-electron chi connectivity index (χ1n) is 10.1. The number of anilines is 3. The summed E-state index contributed by atoms with van der Waals surface area (Å²) in [6.07, 6.45) is 3.16. The second kappa shape index (κ2) is 9.85. The first-order chi connectivity index (χ1) is 14.9. The molecule has 0 atom stereocenters. The number of benzene rings is 3. The maximum absolute atomic E-state index is 13.5. The van der Waals surface area contributed by atoms with Crippen molar-refractivity contribution in [2.75, 3.05) is 10.2 Å². The highest BCUT2D eigenvalue weighted by atomic mass is 19.1. The Balaban J connectivity index is 1.92. The van der Waals surface area contributed by atoms with E-state index in [9.17, 15) is 14.0 Å². The molecule has 4 nitrogen and oxygen atoms in total. The number of rotatable bonds is 7. The summed E-state index contributed by atoms with van der Waals surface area (Å²) >= 11 is 0. The Morgan fingerprint density at radius 2 is 1.71 bits per heavy atom. The summed E-state index contributed by atoms with van der Waals surface area (Å²) in [5.41, 5.74) is 5.65. The van der Waals surface area contributed by atoms with Gasteiger partial charge in [-0.3, -0.25) is 4.79 Å². The first-order valence-corrected chi connectivity index (χ1v) is 10.1. The van der Waals surface area contributed by atoms with Gasteiger partial charge in [-0.25, -0.2) is 4.39 Å². The van der Waals surface area contributed by atoms with E-state index >= 15 is 0 Å². The number of nitrogens with zero attached hydrogens (tertiary/aromatic N) is 1. The fourth-order valence-electron chi connectivity index (χ4n) is 3.27. The van der Waals surface area contributed by atoms with E-state index in [1.54, 1.807) is 30.3 Å². The zero-order valence-corrected chi connectivity index (χ0v) is 17.9. The average Bonchev–Trinajstić information content (AvgIpc) is 2.77. The van der Waals surface area contributed by atoms with Crippen molar-refractivity contribution in [1.29, 1.82) is 0 Å². The number of halogens is 1. The molecule has 0 saturated carbocycles. The van der Waals surface area contributed by atoms with Gasteiger partial charge < -0.3 is 15.0 Å². The highest BCUT2D eigenvalue weighted by molar-refractivity contribution is 6.05. The molecule has 0 spiro atoms. The number of carbonyl (C=O) groups excluding carboxylic acids is 2. The summed E-state index contributed by atoms with van der Waals surface area (Å²) < 4.78 is 13.5. The Labute approximate surface area is 182 Å². The molecule has 0 aromatic heterocycles. The number of aryl methyl sites for hydroxylation is 1. The SMILES string of the molecule is C/C=C(/C)N(c1ccc(F)cc1)c1cc(C(=O)Nc2ccc(CC=O)cc2)ccc1C. The fraction of sp³-hybridized carbons (Fsp3) is 0.154. The van der Waals surface area contributed by atoms with Crippen molar-refractivity contribution in [1.82, 2.24) is 0 Å². The third-order valence-corrected chi connectivity index (χ3v) is 5.10. The molecule has 0 aliphatic rings. The predicted molar refractivity (Wildman–Crippen MR) is 123 cm³/mol. The summed E-state index contributed by atoms with van der Waals surface area (Å²) in [6, 6.07) is 19.0. The number of amides is 1. The third-order valence-electron chi connectivity index (χ3n) is 5.10. The van der Waals surface area contributed by atoms with Gasteiger partial charge in [0.2, 0.25) is 0 Å². The van der Waals surface area contributed by atoms with Crippen LogP contribution in [0.15, 0.2) is 78.5 Å². The molecule has 1 N–H and O–H groups in total. The molecule has 1 amide bonds. The Hall–Kier alpha value is -3.73. The quantitative estimate of drug-likeness (QED) is 0.467. The van der Waals surface area contributed by atoms with Crippen molar-refractivity contribution in [3.8, 4) is 0 Å². The van der Waals surface area contributed by atoms with E-state index in [0.29, 0.717) is 17.7 Å². The monoisotopic (exact) mass is 416 g/mol. The van der Waals surface area contributed by atoms with Crippen molar-refractivity contribution in [2.24, 2.45) is 0 Å². The molecule has 5 heteroatoms. The molecule has 0 fully saturated rings.